The van der Waals surface area contributed by atoms with Crippen molar-refractivity contribution in [2.24, 2.45) is 0 Å². The van der Waals surface area contributed by atoms with Gasteiger partial charge in [0.25, 0.3) is 5.91 Å². The summed E-state index contributed by atoms with van der Waals surface area (Å²) in [6, 6.07) is 4.40. The van der Waals surface area contributed by atoms with E-state index in [9.17, 15) is 9.59 Å². The molecule has 0 radical (unpaired) electrons. The zero-order valence-corrected chi connectivity index (χ0v) is 10.2. The Morgan fingerprint density at radius 2 is 2.16 bits per heavy atom. The fourth-order valence-electron chi connectivity index (χ4n) is 1.59. The van der Waals surface area contributed by atoms with E-state index in [2.05, 4.69) is 10.3 Å². The number of nitrogens with zero attached hydrogens (tertiary/aromatic N) is 1. The second kappa shape index (κ2) is 5.34. The molecule has 6 nitrogen and oxygen atoms in total. The molecule has 0 atom stereocenters. The van der Waals surface area contributed by atoms with Crippen LogP contribution in [0.2, 0.25) is 0 Å². The topological polar surface area (TPSA) is 92.4 Å². The normalized spacial score (nSPS) is 10.2. The molecule has 0 aliphatic rings. The molecule has 2 aromatic heterocycles. The highest BCUT2D eigenvalue weighted by Crippen LogP contribution is 2.13. The lowest BCUT2D eigenvalue weighted by atomic mass is 10.2. The van der Waals surface area contributed by atoms with Crippen LogP contribution in [0.1, 0.15) is 33.4 Å². The molecule has 0 spiro atoms. The molecule has 2 N–H and O–H groups in total. The van der Waals surface area contributed by atoms with E-state index >= 15 is 0 Å². The zero-order valence-electron chi connectivity index (χ0n) is 10.2. The first-order valence-corrected chi connectivity index (χ1v) is 5.69. The van der Waals surface area contributed by atoms with E-state index < -0.39 is 5.97 Å². The molecule has 0 saturated carbocycles. The zero-order chi connectivity index (χ0) is 13.8. The first-order chi connectivity index (χ1) is 9.11. The average Bonchev–Trinajstić information content (AvgIpc) is 2.87. The second-order valence-electron chi connectivity index (χ2n) is 3.80. The third-order valence-corrected chi connectivity index (χ3v) is 2.56. The minimum Gasteiger partial charge on any atom is -0.478 e. The summed E-state index contributed by atoms with van der Waals surface area (Å²) in [6.45, 7) is 1.88. The molecule has 2 aromatic rings. The van der Waals surface area contributed by atoms with Crippen molar-refractivity contribution >= 4 is 17.7 Å². The van der Waals surface area contributed by atoms with E-state index in [0.717, 1.165) is 0 Å². The van der Waals surface area contributed by atoms with E-state index in [0.29, 0.717) is 23.6 Å². The molecule has 2 rings (SSSR count). The van der Waals surface area contributed by atoms with Gasteiger partial charge >= 0.3 is 5.97 Å². The van der Waals surface area contributed by atoms with Crippen LogP contribution in [-0.2, 0) is 6.42 Å². The monoisotopic (exact) mass is 260 g/mol. The molecule has 1 amide bonds. The van der Waals surface area contributed by atoms with Crippen LogP contribution < -0.4 is 5.32 Å². The van der Waals surface area contributed by atoms with Gasteiger partial charge in [-0.15, -0.1) is 0 Å². The van der Waals surface area contributed by atoms with Crippen molar-refractivity contribution in [3.63, 3.8) is 0 Å². The number of carboxylic acid groups (broad SMARTS) is 1. The summed E-state index contributed by atoms with van der Waals surface area (Å²) in [6.07, 6.45) is 3.25. The van der Waals surface area contributed by atoms with E-state index in [1.165, 1.54) is 24.6 Å². The third-order valence-electron chi connectivity index (χ3n) is 2.56. The quantitative estimate of drug-likeness (QED) is 0.879. The first-order valence-electron chi connectivity index (χ1n) is 5.69. The van der Waals surface area contributed by atoms with E-state index in [1.54, 1.807) is 6.07 Å². The number of carbonyl (C=O) groups excluding carboxylic acids is 1. The summed E-state index contributed by atoms with van der Waals surface area (Å²) in [5.41, 5.74) is 0.516. The SMILES string of the molecule is CCc1occc1C(=O)Nc1ccc(C(=O)O)cn1. The first kappa shape index (κ1) is 12.8. The molecule has 0 aliphatic heterocycles. The van der Waals surface area contributed by atoms with Crippen LogP contribution in [-0.4, -0.2) is 22.0 Å². The Bertz CT molecular complexity index is 601. The lowest BCUT2D eigenvalue weighted by molar-refractivity contribution is 0.0696. The number of amides is 1. The van der Waals surface area contributed by atoms with Crippen LogP contribution >= 0.6 is 0 Å². The van der Waals surface area contributed by atoms with Crippen LogP contribution in [0.5, 0.6) is 0 Å². The lowest BCUT2D eigenvalue weighted by Crippen LogP contribution is -2.14. The van der Waals surface area contributed by atoms with Crippen LogP contribution in [0.25, 0.3) is 0 Å². The van der Waals surface area contributed by atoms with Gasteiger partial charge in [-0.2, -0.15) is 0 Å². The van der Waals surface area contributed by atoms with Gasteiger partial charge in [0, 0.05) is 12.6 Å². The van der Waals surface area contributed by atoms with Crippen molar-refractivity contribution in [3.05, 3.63) is 47.5 Å². The highest BCUT2D eigenvalue weighted by atomic mass is 16.4. The number of aryl methyl sites for hydroxylation is 1. The number of nitrogens with one attached hydrogen (secondary N) is 1. The summed E-state index contributed by atoms with van der Waals surface area (Å²) in [5, 5.41) is 11.3. The maximum atomic E-state index is 11.9. The van der Waals surface area contributed by atoms with E-state index in [1.807, 2.05) is 6.92 Å². The van der Waals surface area contributed by atoms with Gasteiger partial charge in [-0.1, -0.05) is 6.92 Å². The van der Waals surface area contributed by atoms with Gasteiger partial charge in [-0.05, 0) is 18.2 Å². The average molecular weight is 260 g/mol. The van der Waals surface area contributed by atoms with Gasteiger partial charge in [0.1, 0.15) is 11.6 Å². The summed E-state index contributed by atoms with van der Waals surface area (Å²) < 4.78 is 5.16. The number of carboxylic acids is 1. The Labute approximate surface area is 109 Å². The summed E-state index contributed by atoms with van der Waals surface area (Å²) in [5.74, 6) is -0.507. The van der Waals surface area contributed by atoms with Gasteiger partial charge < -0.3 is 14.8 Å². The molecule has 19 heavy (non-hydrogen) atoms. The predicted molar refractivity (Wildman–Crippen MR) is 67.2 cm³/mol. The predicted octanol–water partition coefficient (Wildman–Crippen LogP) is 2.19. The van der Waals surface area contributed by atoms with Crippen molar-refractivity contribution < 1.29 is 19.1 Å². The van der Waals surface area contributed by atoms with Crippen LogP contribution in [0, 0.1) is 0 Å². The molecular formula is C13H12N2O4. The van der Waals surface area contributed by atoms with Crippen molar-refractivity contribution in [1.29, 1.82) is 0 Å². The van der Waals surface area contributed by atoms with Gasteiger partial charge in [0.05, 0.1) is 17.4 Å². The number of pyridine rings is 1. The molecule has 0 aromatic carbocycles. The van der Waals surface area contributed by atoms with Crippen molar-refractivity contribution in [1.82, 2.24) is 4.98 Å². The molecule has 0 aliphatic carbocycles. The van der Waals surface area contributed by atoms with Crippen molar-refractivity contribution in [2.75, 3.05) is 5.32 Å². The number of aromatic carboxylic acids is 1. The lowest BCUT2D eigenvalue weighted by Gasteiger charge is -2.04. The summed E-state index contributed by atoms with van der Waals surface area (Å²) >= 11 is 0. The Morgan fingerprint density at radius 1 is 1.37 bits per heavy atom. The molecule has 6 heteroatoms. The fourth-order valence-corrected chi connectivity index (χ4v) is 1.59. The van der Waals surface area contributed by atoms with Gasteiger partial charge in [0.15, 0.2) is 0 Å². The van der Waals surface area contributed by atoms with Crippen LogP contribution in [0.3, 0.4) is 0 Å². The minimum atomic E-state index is -1.06. The number of rotatable bonds is 4. The van der Waals surface area contributed by atoms with Crippen molar-refractivity contribution in [2.45, 2.75) is 13.3 Å². The maximum Gasteiger partial charge on any atom is 0.337 e. The van der Waals surface area contributed by atoms with Gasteiger partial charge in [-0.3, -0.25) is 4.79 Å². The highest BCUT2D eigenvalue weighted by molar-refractivity contribution is 6.04. The third kappa shape index (κ3) is 2.79. The Balaban J connectivity index is 2.13. The maximum absolute atomic E-state index is 11.9. The highest BCUT2D eigenvalue weighted by Gasteiger charge is 2.14. The molecule has 0 unspecified atom stereocenters. The number of anilines is 1. The van der Waals surface area contributed by atoms with Crippen LogP contribution in [0.4, 0.5) is 5.82 Å². The molecular weight excluding hydrogens is 248 g/mol. The number of hydrogen-bond donors (Lipinski definition) is 2. The fraction of sp³-hybridized carbons (Fsp3) is 0.154. The van der Waals surface area contributed by atoms with Gasteiger partial charge in [0.2, 0.25) is 0 Å². The largest absolute Gasteiger partial charge is 0.478 e. The standard InChI is InChI=1S/C13H12N2O4/c1-2-10-9(5-6-19-10)12(16)15-11-4-3-8(7-14-11)13(17)18/h3-7H,2H2,1H3,(H,17,18)(H,14,15,16). The van der Waals surface area contributed by atoms with E-state index in [4.69, 9.17) is 9.52 Å². The Morgan fingerprint density at radius 3 is 2.74 bits per heavy atom. The molecule has 98 valence electrons. The second-order valence-corrected chi connectivity index (χ2v) is 3.80. The summed E-state index contributed by atoms with van der Waals surface area (Å²) in [4.78, 5) is 26.5. The summed E-state index contributed by atoms with van der Waals surface area (Å²) in [7, 11) is 0. The molecule has 0 fully saturated rings. The number of furan rings is 1. The molecule has 0 bridgehead atoms. The Kier molecular flexibility index (Phi) is 3.61. The number of hydrogen-bond acceptors (Lipinski definition) is 4. The van der Waals surface area contributed by atoms with Crippen molar-refractivity contribution in [3.8, 4) is 0 Å². The molecule has 0 saturated heterocycles. The van der Waals surface area contributed by atoms with Crippen LogP contribution in [0.15, 0.2) is 35.1 Å². The number of carbonyl (C=O) groups is 2. The molecule has 2 heterocycles. The Hall–Kier alpha value is -2.63. The minimum absolute atomic E-state index is 0.0653. The van der Waals surface area contributed by atoms with Gasteiger partial charge in [-0.25, -0.2) is 9.78 Å². The van der Waals surface area contributed by atoms with E-state index in [-0.39, 0.29) is 11.5 Å². The smallest absolute Gasteiger partial charge is 0.337 e. The number of aromatic nitrogens is 1.